The maximum atomic E-state index is 13.2. The van der Waals surface area contributed by atoms with Gasteiger partial charge in [-0.25, -0.2) is 0 Å². The number of amides is 1. The van der Waals surface area contributed by atoms with Crippen molar-refractivity contribution >= 4 is 5.91 Å². The van der Waals surface area contributed by atoms with Crippen molar-refractivity contribution in [3.05, 3.63) is 53.5 Å². The van der Waals surface area contributed by atoms with Crippen molar-refractivity contribution in [3.63, 3.8) is 0 Å². The summed E-state index contributed by atoms with van der Waals surface area (Å²) >= 11 is 0. The summed E-state index contributed by atoms with van der Waals surface area (Å²) in [5.74, 6) is 1.91. The molecule has 0 radical (unpaired) electrons. The average molecular weight is 355 g/mol. The van der Waals surface area contributed by atoms with Crippen molar-refractivity contribution in [2.75, 3.05) is 13.7 Å². The standard InChI is InChI=1S/C21H25NO4/c1-21(24,15-7-9-16(25-2)10-8-15)18-4-3-12-22(18)20(23)17-11-13-26-19(17)14-5-6-14/h7-11,13-14,18,24H,3-6,12H2,1-2H3/t18-,21-/m0/s1. The summed E-state index contributed by atoms with van der Waals surface area (Å²) in [6.45, 7) is 2.45. The molecule has 2 atom stereocenters. The Morgan fingerprint density at radius 3 is 2.62 bits per heavy atom. The van der Waals surface area contributed by atoms with Crippen LogP contribution in [0.1, 0.15) is 60.2 Å². The minimum Gasteiger partial charge on any atom is -0.497 e. The van der Waals surface area contributed by atoms with Gasteiger partial charge in [0.15, 0.2) is 0 Å². The predicted molar refractivity (Wildman–Crippen MR) is 97.3 cm³/mol. The van der Waals surface area contributed by atoms with E-state index in [9.17, 15) is 9.90 Å². The molecule has 4 rings (SSSR count). The number of aliphatic hydroxyl groups is 1. The third kappa shape index (κ3) is 2.90. The fourth-order valence-electron chi connectivity index (χ4n) is 4.03. The Balaban J connectivity index is 1.60. The van der Waals surface area contributed by atoms with Crippen LogP contribution in [-0.2, 0) is 5.60 Å². The van der Waals surface area contributed by atoms with E-state index in [2.05, 4.69) is 0 Å². The van der Waals surface area contributed by atoms with Crippen molar-refractivity contribution in [2.24, 2.45) is 0 Å². The second-order valence-electron chi connectivity index (χ2n) is 7.51. The number of nitrogens with zero attached hydrogens (tertiary/aromatic N) is 1. The molecule has 0 bridgehead atoms. The molecule has 2 fully saturated rings. The molecule has 1 amide bonds. The first-order valence-corrected chi connectivity index (χ1v) is 9.27. The molecule has 0 unspecified atom stereocenters. The summed E-state index contributed by atoms with van der Waals surface area (Å²) in [5, 5.41) is 11.3. The summed E-state index contributed by atoms with van der Waals surface area (Å²) < 4.78 is 10.8. The highest BCUT2D eigenvalue weighted by molar-refractivity contribution is 5.96. The zero-order valence-corrected chi connectivity index (χ0v) is 15.3. The monoisotopic (exact) mass is 355 g/mol. The number of methoxy groups -OCH3 is 1. The zero-order chi connectivity index (χ0) is 18.3. The number of carbonyl (C=O) groups is 1. The Bertz CT molecular complexity index is 789. The number of rotatable bonds is 5. The van der Waals surface area contributed by atoms with Crippen molar-refractivity contribution in [2.45, 2.75) is 50.2 Å². The quantitative estimate of drug-likeness (QED) is 0.889. The number of hydrogen-bond acceptors (Lipinski definition) is 4. The number of likely N-dealkylation sites (tertiary alicyclic amines) is 1. The van der Waals surface area contributed by atoms with E-state index in [4.69, 9.17) is 9.15 Å². The summed E-state index contributed by atoms with van der Waals surface area (Å²) in [6.07, 6.45) is 5.44. The molecule has 1 aliphatic carbocycles. The fraction of sp³-hybridized carbons (Fsp3) is 0.476. The Hall–Kier alpha value is -2.27. The first-order chi connectivity index (χ1) is 12.5. The van der Waals surface area contributed by atoms with Crippen LogP contribution in [0.4, 0.5) is 0 Å². The van der Waals surface area contributed by atoms with E-state index in [-0.39, 0.29) is 11.9 Å². The molecule has 5 nitrogen and oxygen atoms in total. The number of furan rings is 1. The molecular formula is C21H25NO4. The van der Waals surface area contributed by atoms with Gasteiger partial charge < -0.3 is 19.2 Å². The zero-order valence-electron chi connectivity index (χ0n) is 15.3. The van der Waals surface area contributed by atoms with Crippen LogP contribution in [0.25, 0.3) is 0 Å². The average Bonchev–Trinajstić information content (AvgIpc) is 3.18. The SMILES string of the molecule is COc1ccc([C@](C)(O)[C@@H]2CCCN2C(=O)c2ccoc2C2CC2)cc1. The van der Waals surface area contributed by atoms with Crippen LogP contribution in [0.5, 0.6) is 5.75 Å². The van der Waals surface area contributed by atoms with Crippen molar-refractivity contribution in [1.82, 2.24) is 4.90 Å². The van der Waals surface area contributed by atoms with Gasteiger partial charge >= 0.3 is 0 Å². The van der Waals surface area contributed by atoms with Crippen LogP contribution in [0, 0.1) is 0 Å². The van der Waals surface area contributed by atoms with Crippen LogP contribution in [-0.4, -0.2) is 35.6 Å². The third-order valence-electron chi connectivity index (χ3n) is 5.71. The van der Waals surface area contributed by atoms with Gasteiger partial charge in [-0.1, -0.05) is 12.1 Å². The molecule has 0 spiro atoms. The molecule has 1 N–H and O–H groups in total. The highest BCUT2D eigenvalue weighted by Crippen LogP contribution is 2.43. The molecule has 1 saturated carbocycles. The topological polar surface area (TPSA) is 62.9 Å². The molecule has 5 heteroatoms. The van der Waals surface area contributed by atoms with Gasteiger partial charge in [0.25, 0.3) is 5.91 Å². The van der Waals surface area contributed by atoms with Crippen LogP contribution in [0.15, 0.2) is 41.0 Å². The molecule has 1 aromatic heterocycles. The van der Waals surface area contributed by atoms with Gasteiger partial charge in [0, 0.05) is 12.5 Å². The fourth-order valence-corrected chi connectivity index (χ4v) is 4.03. The lowest BCUT2D eigenvalue weighted by Gasteiger charge is -2.37. The predicted octanol–water partition coefficient (Wildman–Crippen LogP) is 3.68. The van der Waals surface area contributed by atoms with Gasteiger partial charge in [0.05, 0.1) is 25.0 Å². The molecule has 1 saturated heterocycles. The first-order valence-electron chi connectivity index (χ1n) is 9.27. The second-order valence-corrected chi connectivity index (χ2v) is 7.51. The molecule has 1 aliphatic heterocycles. The number of carbonyl (C=O) groups excluding carboxylic acids is 1. The maximum absolute atomic E-state index is 13.2. The summed E-state index contributed by atoms with van der Waals surface area (Å²) in [7, 11) is 1.62. The number of ether oxygens (including phenoxy) is 1. The van der Waals surface area contributed by atoms with Crippen LogP contribution >= 0.6 is 0 Å². The Kier molecular flexibility index (Phi) is 4.27. The Morgan fingerprint density at radius 2 is 1.96 bits per heavy atom. The van der Waals surface area contributed by atoms with E-state index in [0.717, 1.165) is 42.8 Å². The van der Waals surface area contributed by atoms with Crippen molar-refractivity contribution in [3.8, 4) is 5.75 Å². The van der Waals surface area contributed by atoms with Gasteiger partial charge in [0.1, 0.15) is 17.1 Å². The third-order valence-corrected chi connectivity index (χ3v) is 5.71. The minimum atomic E-state index is -1.12. The summed E-state index contributed by atoms with van der Waals surface area (Å²) in [5.41, 5.74) is 0.324. The lowest BCUT2D eigenvalue weighted by molar-refractivity contribution is -0.0178. The van der Waals surface area contributed by atoms with E-state index in [1.165, 1.54) is 0 Å². The van der Waals surface area contributed by atoms with E-state index in [0.29, 0.717) is 18.0 Å². The van der Waals surface area contributed by atoms with Crippen molar-refractivity contribution < 1.29 is 19.1 Å². The number of benzene rings is 1. The normalized spacial score (nSPS) is 22.3. The summed E-state index contributed by atoms with van der Waals surface area (Å²) in [6, 6.07) is 8.93. The minimum absolute atomic E-state index is 0.0306. The van der Waals surface area contributed by atoms with Gasteiger partial charge in [-0.05, 0) is 56.4 Å². The van der Waals surface area contributed by atoms with Crippen LogP contribution in [0.2, 0.25) is 0 Å². The lowest BCUT2D eigenvalue weighted by Crippen LogP contribution is -2.48. The molecule has 2 aliphatic rings. The maximum Gasteiger partial charge on any atom is 0.257 e. The molecule has 26 heavy (non-hydrogen) atoms. The molecule has 1 aromatic carbocycles. The van der Waals surface area contributed by atoms with Gasteiger partial charge in [0.2, 0.25) is 0 Å². The highest BCUT2D eigenvalue weighted by atomic mass is 16.5. The van der Waals surface area contributed by atoms with E-state index >= 15 is 0 Å². The van der Waals surface area contributed by atoms with Gasteiger partial charge in [-0.3, -0.25) is 4.79 Å². The first kappa shape index (κ1) is 17.2. The van der Waals surface area contributed by atoms with Crippen molar-refractivity contribution in [1.29, 1.82) is 0 Å². The van der Waals surface area contributed by atoms with Crippen LogP contribution < -0.4 is 4.74 Å². The van der Waals surface area contributed by atoms with E-state index in [1.807, 2.05) is 29.2 Å². The van der Waals surface area contributed by atoms with Gasteiger partial charge in [-0.15, -0.1) is 0 Å². The largest absolute Gasteiger partial charge is 0.497 e. The van der Waals surface area contributed by atoms with Crippen LogP contribution in [0.3, 0.4) is 0 Å². The lowest BCUT2D eigenvalue weighted by atomic mass is 9.86. The highest BCUT2D eigenvalue weighted by Gasteiger charge is 2.44. The second kappa shape index (κ2) is 6.47. The van der Waals surface area contributed by atoms with E-state index < -0.39 is 5.60 Å². The van der Waals surface area contributed by atoms with E-state index in [1.54, 1.807) is 26.4 Å². The number of hydrogen-bond donors (Lipinski definition) is 1. The Morgan fingerprint density at radius 1 is 1.23 bits per heavy atom. The van der Waals surface area contributed by atoms with Gasteiger partial charge in [-0.2, -0.15) is 0 Å². The smallest absolute Gasteiger partial charge is 0.257 e. The Labute approximate surface area is 153 Å². The molecule has 2 aromatic rings. The molecule has 138 valence electrons. The molecule has 2 heterocycles. The molecular weight excluding hydrogens is 330 g/mol. The summed E-state index contributed by atoms with van der Waals surface area (Å²) in [4.78, 5) is 15.0.